The second kappa shape index (κ2) is 6.34. The van der Waals surface area contributed by atoms with Crippen molar-refractivity contribution in [1.82, 2.24) is 0 Å². The van der Waals surface area contributed by atoms with Gasteiger partial charge in [-0.25, -0.2) is 0 Å². The van der Waals surface area contributed by atoms with Gasteiger partial charge < -0.3 is 9.84 Å². The fraction of sp³-hybridized carbons (Fsp3) is 0.955. The van der Waals surface area contributed by atoms with Crippen molar-refractivity contribution in [2.45, 2.75) is 77.2 Å². The predicted molar refractivity (Wildman–Crippen MR) is 98.1 cm³/mol. The van der Waals surface area contributed by atoms with Gasteiger partial charge in [-0.15, -0.1) is 0 Å². The van der Waals surface area contributed by atoms with Gasteiger partial charge in [-0.2, -0.15) is 0 Å². The molecule has 0 spiro atoms. The smallest absolute Gasteiger partial charge is 0.139 e. The number of aliphatic hydroxyl groups is 1. The van der Waals surface area contributed by atoms with E-state index in [1.807, 2.05) is 0 Å². The molecular weight excluding hydrogens is 312 g/mol. The minimum Gasteiger partial charge on any atom is -0.387 e. The lowest BCUT2D eigenvalue weighted by molar-refractivity contribution is -0.159. The van der Waals surface area contributed by atoms with Crippen molar-refractivity contribution in [3.63, 3.8) is 0 Å². The summed E-state index contributed by atoms with van der Waals surface area (Å²) in [4.78, 5) is 12.8. The molecule has 0 amide bonds. The molecule has 4 fully saturated rings. The highest BCUT2D eigenvalue weighted by atomic mass is 16.5. The molecule has 142 valence electrons. The van der Waals surface area contributed by atoms with Gasteiger partial charge in [0.1, 0.15) is 5.78 Å². The van der Waals surface area contributed by atoms with E-state index in [1.165, 1.54) is 19.3 Å². The van der Waals surface area contributed by atoms with Gasteiger partial charge in [0, 0.05) is 18.9 Å². The average Bonchev–Trinajstić information content (AvgIpc) is 2.57. The quantitative estimate of drug-likeness (QED) is 0.812. The Bertz CT molecular complexity index is 531. The van der Waals surface area contributed by atoms with E-state index in [4.69, 9.17) is 4.74 Å². The molecule has 0 radical (unpaired) electrons. The maximum atomic E-state index is 12.8. The Balaban J connectivity index is 1.55. The molecule has 0 aromatic carbocycles. The summed E-state index contributed by atoms with van der Waals surface area (Å²) in [6, 6.07) is 0. The zero-order chi connectivity index (χ0) is 17.8. The number of carbonyl (C=O) groups is 1. The van der Waals surface area contributed by atoms with Crippen LogP contribution in [0.25, 0.3) is 0 Å². The number of rotatable bonds is 2. The van der Waals surface area contributed by atoms with Crippen LogP contribution in [0.4, 0.5) is 0 Å². The minimum absolute atomic E-state index is 0.0445. The third-order valence-corrected chi connectivity index (χ3v) is 8.85. The molecule has 0 saturated heterocycles. The summed E-state index contributed by atoms with van der Waals surface area (Å²) >= 11 is 0. The van der Waals surface area contributed by atoms with Crippen LogP contribution in [0.5, 0.6) is 0 Å². The Morgan fingerprint density at radius 2 is 1.84 bits per heavy atom. The van der Waals surface area contributed by atoms with Crippen molar-refractivity contribution in [2.75, 3.05) is 13.7 Å². The highest BCUT2D eigenvalue weighted by Crippen LogP contribution is 2.62. The van der Waals surface area contributed by atoms with Gasteiger partial charge in [0.05, 0.1) is 12.2 Å². The van der Waals surface area contributed by atoms with E-state index in [-0.39, 0.29) is 5.41 Å². The Kier molecular flexibility index (Phi) is 4.56. The molecule has 4 aliphatic carbocycles. The van der Waals surface area contributed by atoms with Gasteiger partial charge >= 0.3 is 0 Å². The Morgan fingerprint density at radius 1 is 1.08 bits per heavy atom. The molecule has 0 unspecified atom stereocenters. The summed E-state index contributed by atoms with van der Waals surface area (Å²) in [6.45, 7) is 5.18. The molecule has 4 rings (SSSR count). The Labute approximate surface area is 152 Å². The molecule has 1 N–H and O–H groups in total. The topological polar surface area (TPSA) is 46.5 Å². The SMILES string of the molecule is COC[C@@]1(O)CC[C@H]2[C@H](CC[C@@H]3[C@@H]2CC[C@]2(C)C(=O)CC[C@@H](C)[C@@H]32)C1. The standard InChI is InChI=1S/C22H36O3/c1-14-4-7-19(23)21(2)10-8-17-16-9-11-22(24,13-25-3)12-15(16)5-6-18(17)20(14)21/h14-18,20,24H,4-13H2,1-3H3/t14-,15-,16+,17-,18-,20+,21-,22-/m1/s1. The van der Waals surface area contributed by atoms with E-state index in [9.17, 15) is 9.90 Å². The van der Waals surface area contributed by atoms with Crippen molar-refractivity contribution in [2.24, 2.45) is 40.9 Å². The van der Waals surface area contributed by atoms with Crippen LogP contribution in [-0.4, -0.2) is 30.2 Å². The summed E-state index contributed by atoms with van der Waals surface area (Å²) in [7, 11) is 1.70. The maximum Gasteiger partial charge on any atom is 0.139 e. The molecule has 25 heavy (non-hydrogen) atoms. The number of Topliss-reactive ketones (excluding diaryl/α,β-unsaturated/α-hetero) is 1. The number of ether oxygens (including phenoxy) is 1. The van der Waals surface area contributed by atoms with Gasteiger partial charge in [0.2, 0.25) is 0 Å². The molecule has 0 bridgehead atoms. The summed E-state index contributed by atoms with van der Waals surface area (Å²) in [5, 5.41) is 10.8. The minimum atomic E-state index is -0.597. The van der Waals surface area contributed by atoms with E-state index >= 15 is 0 Å². The first-order valence-electron chi connectivity index (χ1n) is 10.6. The normalized spacial score (nSPS) is 52.9. The average molecular weight is 349 g/mol. The number of fused-ring (bicyclic) bond motifs is 5. The van der Waals surface area contributed by atoms with Crippen molar-refractivity contribution in [3.05, 3.63) is 0 Å². The summed E-state index contributed by atoms with van der Waals surface area (Å²) < 4.78 is 5.29. The molecule has 0 aromatic rings. The highest BCUT2D eigenvalue weighted by Gasteiger charge is 2.58. The summed E-state index contributed by atoms with van der Waals surface area (Å²) in [5.41, 5.74) is -0.642. The van der Waals surface area contributed by atoms with Crippen molar-refractivity contribution in [1.29, 1.82) is 0 Å². The first-order chi connectivity index (χ1) is 11.9. The fourth-order valence-corrected chi connectivity index (χ4v) is 7.81. The van der Waals surface area contributed by atoms with Gasteiger partial charge in [-0.05, 0) is 86.9 Å². The fourth-order valence-electron chi connectivity index (χ4n) is 7.81. The lowest BCUT2D eigenvalue weighted by atomic mass is 9.45. The van der Waals surface area contributed by atoms with E-state index in [0.717, 1.165) is 56.3 Å². The number of carbonyl (C=O) groups excluding carboxylic acids is 1. The molecule has 3 heteroatoms. The summed E-state index contributed by atoms with van der Waals surface area (Å²) in [6.07, 6.45) is 9.72. The van der Waals surface area contributed by atoms with Crippen LogP contribution in [0.2, 0.25) is 0 Å². The van der Waals surface area contributed by atoms with Crippen LogP contribution in [-0.2, 0) is 9.53 Å². The van der Waals surface area contributed by atoms with E-state index < -0.39 is 5.60 Å². The first kappa shape index (κ1) is 18.0. The van der Waals surface area contributed by atoms with E-state index in [0.29, 0.717) is 30.1 Å². The van der Waals surface area contributed by atoms with Gasteiger partial charge in [0.15, 0.2) is 0 Å². The van der Waals surface area contributed by atoms with Gasteiger partial charge in [-0.1, -0.05) is 13.8 Å². The number of methoxy groups -OCH3 is 1. The second-order valence-corrected chi connectivity index (χ2v) is 10.2. The predicted octanol–water partition coefficient (Wildman–Crippen LogP) is 4.22. The van der Waals surface area contributed by atoms with Gasteiger partial charge in [0.25, 0.3) is 0 Å². The Hall–Kier alpha value is -0.410. The highest BCUT2D eigenvalue weighted by molar-refractivity contribution is 5.85. The maximum absolute atomic E-state index is 12.8. The number of hydrogen-bond acceptors (Lipinski definition) is 3. The molecule has 4 saturated carbocycles. The van der Waals surface area contributed by atoms with Gasteiger partial charge in [-0.3, -0.25) is 4.79 Å². The third-order valence-electron chi connectivity index (χ3n) is 8.85. The lowest BCUT2D eigenvalue weighted by Gasteiger charge is -2.60. The third kappa shape index (κ3) is 2.81. The monoisotopic (exact) mass is 348 g/mol. The number of hydrogen-bond donors (Lipinski definition) is 1. The summed E-state index contributed by atoms with van der Waals surface area (Å²) in [5.74, 6) is 4.81. The number of ketones is 1. The molecule has 8 atom stereocenters. The second-order valence-electron chi connectivity index (χ2n) is 10.2. The van der Waals surface area contributed by atoms with Crippen LogP contribution in [0, 0.1) is 40.9 Å². The van der Waals surface area contributed by atoms with Crippen LogP contribution in [0.15, 0.2) is 0 Å². The largest absolute Gasteiger partial charge is 0.387 e. The van der Waals surface area contributed by atoms with Crippen molar-refractivity contribution in [3.8, 4) is 0 Å². The molecular formula is C22H36O3. The van der Waals surface area contributed by atoms with Crippen molar-refractivity contribution < 1.29 is 14.6 Å². The molecule has 3 nitrogen and oxygen atoms in total. The molecule has 4 aliphatic rings. The Morgan fingerprint density at radius 3 is 2.60 bits per heavy atom. The molecule has 0 heterocycles. The zero-order valence-corrected chi connectivity index (χ0v) is 16.3. The van der Waals surface area contributed by atoms with Crippen LogP contribution in [0.3, 0.4) is 0 Å². The first-order valence-corrected chi connectivity index (χ1v) is 10.6. The van der Waals surface area contributed by atoms with Crippen molar-refractivity contribution >= 4 is 5.78 Å². The van der Waals surface area contributed by atoms with E-state index in [1.54, 1.807) is 7.11 Å². The van der Waals surface area contributed by atoms with Crippen LogP contribution >= 0.6 is 0 Å². The van der Waals surface area contributed by atoms with Crippen LogP contribution < -0.4 is 0 Å². The van der Waals surface area contributed by atoms with Crippen LogP contribution in [0.1, 0.15) is 71.6 Å². The zero-order valence-electron chi connectivity index (χ0n) is 16.3. The molecule has 0 aliphatic heterocycles. The lowest BCUT2D eigenvalue weighted by Crippen LogP contribution is -2.56. The molecule has 0 aromatic heterocycles. The van der Waals surface area contributed by atoms with E-state index in [2.05, 4.69) is 13.8 Å².